The Labute approximate surface area is 321 Å². The van der Waals surface area contributed by atoms with Gasteiger partial charge in [0.2, 0.25) is 11.8 Å². The molecule has 11 nitrogen and oxygen atoms in total. The highest BCUT2D eigenvalue weighted by molar-refractivity contribution is 9.09. The second kappa shape index (κ2) is 17.4. The van der Waals surface area contributed by atoms with Crippen molar-refractivity contribution in [3.05, 3.63) is 85.5 Å². The van der Waals surface area contributed by atoms with Crippen molar-refractivity contribution in [3.63, 3.8) is 0 Å². The number of amides is 3. The first-order chi connectivity index (χ1) is 25.5. The van der Waals surface area contributed by atoms with E-state index in [1.807, 2.05) is 61.5 Å². The van der Waals surface area contributed by atoms with E-state index < -0.39 is 59.6 Å². The molecule has 0 saturated carbocycles. The summed E-state index contributed by atoms with van der Waals surface area (Å²) in [6, 6.07) is 14.4. The number of aliphatic hydroxyl groups is 1. The summed E-state index contributed by atoms with van der Waals surface area (Å²) >= 11 is 3.74. The second-order valence-corrected chi connectivity index (χ2v) is 15.2. The van der Waals surface area contributed by atoms with E-state index in [0.29, 0.717) is 30.5 Å². The fourth-order valence-corrected chi connectivity index (χ4v) is 9.34. The van der Waals surface area contributed by atoms with E-state index >= 15 is 4.79 Å². The van der Waals surface area contributed by atoms with Crippen molar-refractivity contribution < 1.29 is 33.8 Å². The average molecular weight is 794 g/mol. The van der Waals surface area contributed by atoms with Crippen molar-refractivity contribution in [1.82, 2.24) is 10.2 Å². The van der Waals surface area contributed by atoms with Crippen LogP contribution in [0, 0.1) is 11.8 Å². The van der Waals surface area contributed by atoms with E-state index in [9.17, 15) is 19.5 Å². The number of ether oxygens (including phenoxy) is 2. The zero-order chi connectivity index (χ0) is 38.4. The zero-order valence-electron chi connectivity index (χ0n) is 31.2. The molecule has 2 bridgehead atoms. The number of anilines is 2. The molecule has 3 saturated heterocycles. The average Bonchev–Trinajstić information content (AvgIpc) is 3.76. The van der Waals surface area contributed by atoms with Crippen molar-refractivity contribution in [1.29, 1.82) is 0 Å². The van der Waals surface area contributed by atoms with Gasteiger partial charge in [-0.1, -0.05) is 65.3 Å². The molecule has 286 valence electrons. The monoisotopic (exact) mass is 792 g/mol. The minimum Gasteiger partial charge on any atom is -0.455 e. The highest BCUT2D eigenvalue weighted by Gasteiger charge is 2.77. The highest BCUT2D eigenvalue weighted by atomic mass is 79.9. The van der Waals surface area contributed by atoms with Gasteiger partial charge < -0.3 is 34.6 Å². The Bertz CT molecular complexity index is 1630. The summed E-state index contributed by atoms with van der Waals surface area (Å²) in [5, 5.41) is 13.5. The molecule has 2 aromatic rings. The van der Waals surface area contributed by atoms with Gasteiger partial charge in [0.15, 0.2) is 0 Å². The number of fused-ring (bicyclic) bond motifs is 1. The fourth-order valence-electron chi connectivity index (χ4n) is 8.39. The molecule has 3 amide bonds. The maximum atomic E-state index is 15.0. The first-order valence-corrected chi connectivity index (χ1v) is 19.6. The number of rotatable bonds is 18. The Morgan fingerprint density at radius 1 is 1.08 bits per heavy atom. The number of likely N-dealkylation sites (tertiary alicyclic amines) is 1. The van der Waals surface area contributed by atoms with E-state index in [-0.39, 0.29) is 36.2 Å². The SMILES string of the molecule is C=CCCC(=O)N[C@H](C)[C@@H](OC(=O)[C@@H]1[C@H]2O[C@@]3(CC2Br)[C@H](C(=O)N(CC=C)c2ccc(N(CC)CC)cc2)N([C@@H](CC)CO)C(=O)[C@@H]13)c1ccccc1. The van der Waals surface area contributed by atoms with Gasteiger partial charge >= 0.3 is 5.97 Å². The number of nitrogens with one attached hydrogen (secondary N) is 1. The van der Waals surface area contributed by atoms with Crippen molar-refractivity contribution in [3.8, 4) is 0 Å². The van der Waals surface area contributed by atoms with Crippen molar-refractivity contribution in [2.75, 3.05) is 36.0 Å². The Kier molecular flexibility index (Phi) is 13.2. The minimum atomic E-state index is -1.37. The van der Waals surface area contributed by atoms with E-state index in [4.69, 9.17) is 9.47 Å². The normalized spacial score (nSPS) is 26.0. The molecule has 1 spiro atoms. The highest BCUT2D eigenvalue weighted by Crippen LogP contribution is 2.61. The number of aliphatic hydroxyl groups excluding tert-OH is 1. The summed E-state index contributed by atoms with van der Waals surface area (Å²) in [6.07, 6.45) is 3.11. The number of nitrogens with zero attached hydrogens (tertiary/aromatic N) is 3. The van der Waals surface area contributed by atoms with Gasteiger partial charge in [0.1, 0.15) is 17.7 Å². The van der Waals surface area contributed by atoms with Crippen LogP contribution in [0.5, 0.6) is 0 Å². The number of esters is 1. The van der Waals surface area contributed by atoms with Crippen LogP contribution in [0.3, 0.4) is 0 Å². The Hall–Kier alpha value is -4.00. The molecule has 0 aromatic heterocycles. The topological polar surface area (TPSA) is 129 Å². The first kappa shape index (κ1) is 40.2. The molecule has 3 aliphatic rings. The third kappa shape index (κ3) is 7.68. The standard InChI is InChI=1S/C41H53BrN4O7/c1-7-12-18-32(48)43-26(6)35(27-16-14-13-15-17-27)52-40(51)33-34-38(49)46(28(9-3)25-47)37(41(34)24-31(42)36(33)53-41)39(50)45(23-8-2)30-21-19-29(20-22-30)44(10-4)11-5/h7-8,13-17,19-22,26,28,31,33-37,47H,1-2,9-12,18,23-25H2,3-6H3,(H,43,48)/t26-,28+,31?,33+,34-,35-,36+,37+,41-/m1/s1. The van der Waals surface area contributed by atoms with E-state index in [1.165, 1.54) is 4.90 Å². The van der Waals surface area contributed by atoms with Gasteiger partial charge in [-0.2, -0.15) is 0 Å². The Balaban J connectivity index is 1.52. The van der Waals surface area contributed by atoms with E-state index in [0.717, 1.165) is 18.8 Å². The lowest BCUT2D eigenvalue weighted by atomic mass is 9.70. The molecule has 3 aliphatic heterocycles. The van der Waals surface area contributed by atoms with Crippen molar-refractivity contribution in [2.45, 2.75) is 94.1 Å². The summed E-state index contributed by atoms with van der Waals surface area (Å²) in [5.41, 5.74) is 0.960. The van der Waals surface area contributed by atoms with E-state index in [1.54, 1.807) is 24.0 Å². The van der Waals surface area contributed by atoms with Crippen LogP contribution in [0.1, 0.15) is 65.0 Å². The quantitative estimate of drug-likeness (QED) is 0.118. The first-order valence-electron chi connectivity index (χ1n) is 18.7. The Morgan fingerprint density at radius 3 is 2.32 bits per heavy atom. The number of hydrogen-bond donors (Lipinski definition) is 2. The van der Waals surface area contributed by atoms with E-state index in [2.05, 4.69) is 53.2 Å². The molecule has 0 radical (unpaired) electrons. The van der Waals surface area contributed by atoms with Gasteiger partial charge in [-0.25, -0.2) is 0 Å². The number of hydrogen-bond acceptors (Lipinski definition) is 8. The van der Waals surface area contributed by atoms with Crippen molar-refractivity contribution in [2.24, 2.45) is 11.8 Å². The van der Waals surface area contributed by atoms with Crippen LogP contribution in [0.4, 0.5) is 11.4 Å². The molecule has 2 N–H and O–H groups in total. The van der Waals surface area contributed by atoms with Crippen LogP contribution in [-0.2, 0) is 28.7 Å². The third-order valence-corrected chi connectivity index (χ3v) is 11.8. The predicted octanol–water partition coefficient (Wildman–Crippen LogP) is 5.33. The Morgan fingerprint density at radius 2 is 1.74 bits per heavy atom. The largest absolute Gasteiger partial charge is 0.455 e. The summed E-state index contributed by atoms with van der Waals surface area (Å²) in [4.78, 5) is 61.9. The molecule has 0 aliphatic carbocycles. The van der Waals surface area contributed by atoms with Crippen molar-refractivity contribution >= 4 is 51.0 Å². The number of carbonyl (C=O) groups is 4. The molecule has 1 unspecified atom stereocenters. The van der Waals surface area contributed by atoms with Gasteiger partial charge in [0.05, 0.1) is 36.6 Å². The molecule has 3 fully saturated rings. The lowest BCUT2D eigenvalue weighted by Gasteiger charge is -2.39. The van der Waals surface area contributed by atoms with Gasteiger partial charge in [-0.3, -0.25) is 19.2 Å². The maximum absolute atomic E-state index is 15.0. The minimum absolute atomic E-state index is 0.167. The number of alkyl halides is 1. The van der Waals surface area contributed by atoms with Crippen LogP contribution in [-0.4, -0.2) is 94.6 Å². The molecule has 12 heteroatoms. The van der Waals surface area contributed by atoms with Crippen LogP contribution in [0.15, 0.2) is 79.9 Å². The molecular weight excluding hydrogens is 740 g/mol. The molecule has 53 heavy (non-hydrogen) atoms. The number of allylic oxidation sites excluding steroid dienone is 1. The number of halogens is 1. The fraction of sp³-hybridized carbons (Fsp3) is 0.512. The maximum Gasteiger partial charge on any atom is 0.313 e. The number of carbonyl (C=O) groups excluding carboxylic acids is 4. The molecular formula is C41H53BrN4O7. The molecule has 5 rings (SSSR count). The lowest BCUT2D eigenvalue weighted by molar-refractivity contribution is -0.162. The summed E-state index contributed by atoms with van der Waals surface area (Å²) in [6.45, 7) is 16.9. The van der Waals surface area contributed by atoms with Crippen LogP contribution in [0.2, 0.25) is 0 Å². The lowest BCUT2D eigenvalue weighted by Crippen LogP contribution is -2.59. The molecule has 9 atom stereocenters. The smallest absolute Gasteiger partial charge is 0.313 e. The third-order valence-electron chi connectivity index (χ3n) is 11.0. The zero-order valence-corrected chi connectivity index (χ0v) is 32.7. The summed E-state index contributed by atoms with van der Waals surface area (Å²) < 4.78 is 13.0. The molecule has 3 heterocycles. The van der Waals surface area contributed by atoms with Gasteiger partial charge in [0, 0.05) is 42.3 Å². The van der Waals surface area contributed by atoms with Gasteiger partial charge in [-0.15, -0.1) is 13.2 Å². The van der Waals surface area contributed by atoms with Gasteiger partial charge in [-0.05, 0) is 69.9 Å². The number of benzene rings is 2. The van der Waals surface area contributed by atoms with Crippen LogP contribution >= 0.6 is 15.9 Å². The second-order valence-electron chi connectivity index (χ2n) is 14.0. The van der Waals surface area contributed by atoms with Gasteiger partial charge in [0.25, 0.3) is 5.91 Å². The van der Waals surface area contributed by atoms with Crippen LogP contribution in [0.25, 0.3) is 0 Å². The molecule has 2 aromatic carbocycles. The summed E-state index contributed by atoms with van der Waals surface area (Å²) in [5.74, 6) is -3.75. The summed E-state index contributed by atoms with van der Waals surface area (Å²) in [7, 11) is 0. The van der Waals surface area contributed by atoms with Crippen LogP contribution < -0.4 is 15.1 Å². The predicted molar refractivity (Wildman–Crippen MR) is 209 cm³/mol.